The number of carboxylic acids is 1. The van der Waals surface area contributed by atoms with Crippen molar-refractivity contribution >= 4 is 28.9 Å². The summed E-state index contributed by atoms with van der Waals surface area (Å²) in [7, 11) is 0. The summed E-state index contributed by atoms with van der Waals surface area (Å²) in [5, 5.41) is 9.66. The molecule has 1 atom stereocenters. The number of aliphatic carboxylic acids is 1. The number of fused-ring (bicyclic) bond motifs is 1. The van der Waals surface area contributed by atoms with Crippen molar-refractivity contribution in [1.82, 2.24) is 14.5 Å². The van der Waals surface area contributed by atoms with Gasteiger partial charge in [-0.3, -0.25) is 4.79 Å². The summed E-state index contributed by atoms with van der Waals surface area (Å²) in [6.07, 6.45) is 0.958. The number of aryl methyl sites for hydroxylation is 1. The maximum atomic E-state index is 10.9. The van der Waals surface area contributed by atoms with Crippen LogP contribution in [0.15, 0.2) is 17.3 Å². The minimum Gasteiger partial charge on any atom is -0.481 e. The smallest absolute Gasteiger partial charge is 0.313 e. The highest BCUT2D eigenvalue weighted by molar-refractivity contribution is 7.99. The summed E-state index contributed by atoms with van der Waals surface area (Å²) in [5.41, 5.74) is 2.62. The molecule has 2 aromatic heterocycles. The van der Waals surface area contributed by atoms with Crippen molar-refractivity contribution in [2.45, 2.75) is 45.3 Å². The number of hydrogen-bond acceptors (Lipinski definition) is 4. The van der Waals surface area contributed by atoms with E-state index in [0.717, 1.165) is 28.4 Å². The van der Waals surface area contributed by atoms with E-state index in [-0.39, 0.29) is 11.8 Å². The third-order valence-corrected chi connectivity index (χ3v) is 4.43. The maximum Gasteiger partial charge on any atom is 0.313 e. The minimum atomic E-state index is -0.833. The largest absolute Gasteiger partial charge is 0.481 e. The average molecular weight is 307 g/mol. The van der Waals surface area contributed by atoms with Gasteiger partial charge in [-0.05, 0) is 31.4 Å². The fraction of sp³-hybridized carbons (Fsp3) is 0.533. The molecule has 0 aliphatic heterocycles. The first kappa shape index (κ1) is 15.8. The van der Waals surface area contributed by atoms with Crippen LogP contribution in [0.4, 0.5) is 0 Å². The van der Waals surface area contributed by atoms with Crippen LogP contribution in [-0.2, 0) is 4.79 Å². The van der Waals surface area contributed by atoms with E-state index in [9.17, 15) is 4.79 Å². The lowest BCUT2D eigenvalue weighted by molar-refractivity contribution is -0.133. The summed E-state index contributed by atoms with van der Waals surface area (Å²) in [5.74, 6) is -0.393. The van der Waals surface area contributed by atoms with Crippen molar-refractivity contribution in [1.29, 1.82) is 0 Å². The first-order valence-corrected chi connectivity index (χ1v) is 8.12. The Balaban J connectivity index is 2.57. The molecule has 1 unspecified atom stereocenters. The molecule has 0 saturated heterocycles. The molecule has 2 heterocycles. The van der Waals surface area contributed by atoms with Crippen molar-refractivity contribution in [3.05, 3.63) is 17.8 Å². The molecule has 6 heteroatoms. The molecule has 0 saturated carbocycles. The van der Waals surface area contributed by atoms with Crippen molar-refractivity contribution in [2.24, 2.45) is 5.92 Å². The number of hydrogen-bond donors (Lipinski definition) is 1. The maximum absolute atomic E-state index is 10.9. The number of pyridine rings is 1. The summed E-state index contributed by atoms with van der Waals surface area (Å²) in [4.78, 5) is 20.0. The molecular weight excluding hydrogens is 286 g/mol. The number of rotatable bonds is 6. The zero-order valence-corrected chi connectivity index (χ0v) is 13.6. The van der Waals surface area contributed by atoms with Crippen molar-refractivity contribution in [2.75, 3.05) is 5.75 Å². The molecule has 0 aromatic carbocycles. The van der Waals surface area contributed by atoms with Crippen LogP contribution in [0.5, 0.6) is 0 Å². The van der Waals surface area contributed by atoms with Crippen LogP contribution < -0.4 is 0 Å². The molecule has 1 N–H and O–H groups in total. The van der Waals surface area contributed by atoms with E-state index < -0.39 is 5.97 Å². The number of carboxylic acid groups (broad SMARTS) is 1. The molecule has 21 heavy (non-hydrogen) atoms. The molecule has 0 spiro atoms. The molecule has 114 valence electrons. The fourth-order valence-electron chi connectivity index (χ4n) is 2.53. The van der Waals surface area contributed by atoms with Crippen LogP contribution in [0.2, 0.25) is 0 Å². The van der Waals surface area contributed by atoms with Gasteiger partial charge in [0.15, 0.2) is 10.8 Å². The first-order valence-electron chi connectivity index (χ1n) is 7.14. The van der Waals surface area contributed by atoms with E-state index in [0.29, 0.717) is 5.92 Å². The Labute approximate surface area is 128 Å². The molecule has 2 rings (SSSR count). The van der Waals surface area contributed by atoms with E-state index in [1.165, 1.54) is 11.8 Å². The zero-order chi connectivity index (χ0) is 15.6. The highest BCUT2D eigenvalue weighted by atomic mass is 32.2. The van der Waals surface area contributed by atoms with Gasteiger partial charge in [0.2, 0.25) is 0 Å². The standard InChI is InChI=1S/C15H21N3O2S/c1-5-12(9(2)3)18-14-11(7-6-10(4)16-14)17-15(18)21-8-13(19)20/h6-7,9,12H,5,8H2,1-4H3,(H,19,20). The van der Waals surface area contributed by atoms with Crippen LogP contribution in [0.1, 0.15) is 38.9 Å². The summed E-state index contributed by atoms with van der Waals surface area (Å²) in [6.45, 7) is 8.43. The zero-order valence-electron chi connectivity index (χ0n) is 12.8. The normalized spacial score (nSPS) is 13.0. The van der Waals surface area contributed by atoms with E-state index in [4.69, 9.17) is 5.11 Å². The molecule has 0 bridgehead atoms. The van der Waals surface area contributed by atoms with Crippen molar-refractivity contribution in [3.8, 4) is 0 Å². The quantitative estimate of drug-likeness (QED) is 0.827. The Hall–Kier alpha value is -1.56. The van der Waals surface area contributed by atoms with Crippen molar-refractivity contribution < 1.29 is 9.90 Å². The Kier molecular flexibility index (Phi) is 4.88. The number of aromatic nitrogens is 3. The molecule has 0 aliphatic rings. The summed E-state index contributed by atoms with van der Waals surface area (Å²) < 4.78 is 2.11. The number of carbonyl (C=O) groups is 1. The minimum absolute atomic E-state index is 0.0107. The van der Waals surface area contributed by atoms with Gasteiger partial charge in [0.05, 0.1) is 5.75 Å². The van der Waals surface area contributed by atoms with Crippen LogP contribution in [0, 0.1) is 12.8 Å². The number of thioether (sulfide) groups is 1. The molecule has 0 radical (unpaired) electrons. The van der Waals surface area contributed by atoms with Crippen LogP contribution in [-0.4, -0.2) is 31.4 Å². The molecule has 0 fully saturated rings. The monoisotopic (exact) mass is 307 g/mol. The third kappa shape index (κ3) is 3.37. The van der Waals surface area contributed by atoms with Gasteiger partial charge >= 0.3 is 5.97 Å². The first-order chi connectivity index (χ1) is 9.93. The van der Waals surface area contributed by atoms with Crippen LogP contribution >= 0.6 is 11.8 Å². The lowest BCUT2D eigenvalue weighted by Gasteiger charge is -2.23. The molecule has 0 amide bonds. The van der Waals surface area contributed by atoms with Gasteiger partial charge in [0.25, 0.3) is 0 Å². The second-order valence-corrected chi connectivity index (χ2v) is 6.40. The predicted molar refractivity (Wildman–Crippen MR) is 84.8 cm³/mol. The van der Waals surface area contributed by atoms with Crippen LogP contribution in [0.25, 0.3) is 11.2 Å². The highest BCUT2D eigenvalue weighted by Crippen LogP contribution is 2.32. The fourth-order valence-corrected chi connectivity index (χ4v) is 3.30. The lowest BCUT2D eigenvalue weighted by Crippen LogP contribution is -2.16. The Morgan fingerprint density at radius 3 is 2.67 bits per heavy atom. The van der Waals surface area contributed by atoms with Gasteiger partial charge in [-0.25, -0.2) is 9.97 Å². The average Bonchev–Trinajstić information content (AvgIpc) is 2.75. The van der Waals surface area contributed by atoms with Gasteiger partial charge in [0.1, 0.15) is 5.52 Å². The predicted octanol–water partition coefficient (Wildman–Crippen LogP) is 3.52. The lowest BCUT2D eigenvalue weighted by atomic mass is 10.0. The van der Waals surface area contributed by atoms with Crippen LogP contribution in [0.3, 0.4) is 0 Å². The highest BCUT2D eigenvalue weighted by Gasteiger charge is 2.22. The number of nitrogens with zero attached hydrogens (tertiary/aromatic N) is 3. The second-order valence-electron chi connectivity index (χ2n) is 5.46. The second kappa shape index (κ2) is 6.47. The van der Waals surface area contributed by atoms with E-state index >= 15 is 0 Å². The third-order valence-electron chi connectivity index (χ3n) is 3.49. The summed E-state index contributed by atoms with van der Waals surface area (Å²) in [6, 6.07) is 4.15. The summed E-state index contributed by atoms with van der Waals surface area (Å²) >= 11 is 1.26. The van der Waals surface area contributed by atoms with E-state index in [1.807, 2.05) is 19.1 Å². The molecule has 0 aliphatic carbocycles. The Bertz CT molecular complexity index is 652. The van der Waals surface area contributed by atoms with Gasteiger partial charge in [-0.2, -0.15) is 0 Å². The van der Waals surface area contributed by atoms with E-state index in [1.54, 1.807) is 0 Å². The van der Waals surface area contributed by atoms with Gasteiger partial charge in [0, 0.05) is 11.7 Å². The number of imidazole rings is 1. The topological polar surface area (TPSA) is 68.0 Å². The van der Waals surface area contributed by atoms with Gasteiger partial charge in [-0.1, -0.05) is 32.5 Å². The molecular formula is C15H21N3O2S. The Morgan fingerprint density at radius 1 is 1.38 bits per heavy atom. The van der Waals surface area contributed by atoms with Crippen molar-refractivity contribution in [3.63, 3.8) is 0 Å². The van der Waals surface area contributed by atoms with Gasteiger partial charge in [-0.15, -0.1) is 0 Å². The van der Waals surface area contributed by atoms with Gasteiger partial charge < -0.3 is 9.67 Å². The SMILES string of the molecule is CCC(C(C)C)n1c(SCC(=O)O)nc2ccc(C)nc21. The van der Waals surface area contributed by atoms with E-state index in [2.05, 4.69) is 35.3 Å². The molecule has 2 aromatic rings. The Morgan fingerprint density at radius 2 is 2.10 bits per heavy atom. The molecule has 5 nitrogen and oxygen atoms in total.